The Morgan fingerprint density at radius 1 is 1.29 bits per heavy atom. The number of benzene rings is 1. The summed E-state index contributed by atoms with van der Waals surface area (Å²) in [7, 11) is -1.54. The van der Waals surface area contributed by atoms with Crippen molar-refractivity contribution < 1.29 is 17.9 Å². The van der Waals surface area contributed by atoms with E-state index in [4.69, 9.17) is 9.47 Å². The number of sulfonamides is 1. The molecule has 8 heteroatoms. The minimum absolute atomic E-state index is 0.00562. The number of rotatable bonds is 5. The Morgan fingerprint density at radius 2 is 2.00 bits per heavy atom. The normalized spacial score (nSPS) is 17.5. The van der Waals surface area contributed by atoms with Crippen LogP contribution in [0.1, 0.15) is 26.7 Å². The van der Waals surface area contributed by atoms with Gasteiger partial charge in [-0.05, 0) is 44.9 Å². The third-order valence-corrected chi connectivity index (χ3v) is 7.39. The number of aromatic nitrogens is 1. The van der Waals surface area contributed by atoms with E-state index in [1.807, 2.05) is 18.2 Å². The quantitative estimate of drug-likeness (QED) is 0.809. The van der Waals surface area contributed by atoms with Crippen LogP contribution in [0.15, 0.2) is 18.2 Å². The first-order valence-corrected chi connectivity index (χ1v) is 10.3. The SMILES string of the molecule is COc1ccc2nc(OC3CCN(S(=O)(=O)C(C)C)CC3)sc2c1. The van der Waals surface area contributed by atoms with Crippen molar-refractivity contribution in [3.05, 3.63) is 18.2 Å². The Morgan fingerprint density at radius 3 is 2.62 bits per heavy atom. The average molecular weight is 370 g/mol. The van der Waals surface area contributed by atoms with E-state index >= 15 is 0 Å². The van der Waals surface area contributed by atoms with Crippen LogP contribution < -0.4 is 9.47 Å². The zero-order chi connectivity index (χ0) is 17.3. The Kier molecular flexibility index (Phi) is 4.98. The van der Waals surface area contributed by atoms with Gasteiger partial charge in [0.1, 0.15) is 11.9 Å². The molecule has 1 aromatic heterocycles. The van der Waals surface area contributed by atoms with Crippen LogP contribution >= 0.6 is 11.3 Å². The van der Waals surface area contributed by atoms with E-state index in [1.54, 1.807) is 25.3 Å². The molecule has 1 fully saturated rings. The summed E-state index contributed by atoms with van der Waals surface area (Å²) in [5.74, 6) is 0.796. The molecule has 0 radical (unpaired) electrons. The number of hydrogen-bond donors (Lipinski definition) is 0. The van der Waals surface area contributed by atoms with Gasteiger partial charge in [0, 0.05) is 13.1 Å². The molecule has 0 bridgehead atoms. The number of piperidine rings is 1. The Balaban J connectivity index is 1.64. The van der Waals surface area contributed by atoms with Crippen LogP contribution in [0.2, 0.25) is 0 Å². The fourth-order valence-electron chi connectivity index (χ4n) is 2.71. The lowest BCUT2D eigenvalue weighted by atomic mass is 10.1. The van der Waals surface area contributed by atoms with Gasteiger partial charge in [-0.25, -0.2) is 17.7 Å². The molecule has 0 unspecified atom stereocenters. The number of thiazole rings is 1. The van der Waals surface area contributed by atoms with E-state index in [9.17, 15) is 8.42 Å². The van der Waals surface area contributed by atoms with Crippen LogP contribution in [0.5, 0.6) is 10.9 Å². The predicted molar refractivity (Wildman–Crippen MR) is 95.5 cm³/mol. The van der Waals surface area contributed by atoms with Gasteiger partial charge in [-0.2, -0.15) is 0 Å². The van der Waals surface area contributed by atoms with Crippen molar-refractivity contribution in [3.63, 3.8) is 0 Å². The Labute approximate surface area is 146 Å². The van der Waals surface area contributed by atoms with Crippen LogP contribution in [0, 0.1) is 0 Å². The van der Waals surface area contributed by atoms with Crippen LogP contribution in [-0.2, 0) is 10.0 Å². The summed E-state index contributed by atoms with van der Waals surface area (Å²) in [6.07, 6.45) is 1.38. The first-order chi connectivity index (χ1) is 11.4. The molecule has 1 aromatic carbocycles. The van der Waals surface area contributed by atoms with Gasteiger partial charge < -0.3 is 9.47 Å². The lowest BCUT2D eigenvalue weighted by Crippen LogP contribution is -2.44. The lowest BCUT2D eigenvalue weighted by Gasteiger charge is -2.31. The highest BCUT2D eigenvalue weighted by Crippen LogP contribution is 2.32. The van der Waals surface area contributed by atoms with Gasteiger partial charge in [0.25, 0.3) is 5.19 Å². The Bertz CT molecular complexity index is 809. The third-order valence-electron chi connectivity index (χ3n) is 4.20. The summed E-state index contributed by atoms with van der Waals surface area (Å²) < 4.78 is 38.2. The highest BCUT2D eigenvalue weighted by atomic mass is 32.2. The van der Waals surface area contributed by atoms with Crippen LogP contribution in [0.4, 0.5) is 0 Å². The summed E-state index contributed by atoms with van der Waals surface area (Å²) in [6, 6.07) is 5.73. The Hall–Kier alpha value is -1.38. The first-order valence-electron chi connectivity index (χ1n) is 8.00. The van der Waals surface area contributed by atoms with Crippen molar-refractivity contribution in [2.75, 3.05) is 20.2 Å². The smallest absolute Gasteiger partial charge is 0.274 e. The minimum atomic E-state index is -3.17. The number of fused-ring (bicyclic) bond motifs is 1. The van der Waals surface area contributed by atoms with E-state index in [0.717, 1.165) is 16.0 Å². The highest BCUT2D eigenvalue weighted by molar-refractivity contribution is 7.89. The highest BCUT2D eigenvalue weighted by Gasteiger charge is 2.31. The third kappa shape index (κ3) is 3.50. The van der Waals surface area contributed by atoms with Crippen molar-refractivity contribution in [1.82, 2.24) is 9.29 Å². The van der Waals surface area contributed by atoms with Gasteiger partial charge in [0.15, 0.2) is 0 Å². The summed E-state index contributed by atoms with van der Waals surface area (Å²) in [5.41, 5.74) is 0.885. The molecule has 0 aliphatic carbocycles. The van der Waals surface area contributed by atoms with Crippen molar-refractivity contribution in [2.45, 2.75) is 38.0 Å². The van der Waals surface area contributed by atoms with Crippen molar-refractivity contribution in [2.24, 2.45) is 0 Å². The molecule has 2 heterocycles. The van der Waals surface area contributed by atoms with E-state index in [-0.39, 0.29) is 11.4 Å². The fraction of sp³-hybridized carbons (Fsp3) is 0.562. The van der Waals surface area contributed by atoms with Gasteiger partial charge >= 0.3 is 0 Å². The summed E-state index contributed by atoms with van der Waals surface area (Å²) in [4.78, 5) is 4.49. The molecule has 1 saturated heterocycles. The van der Waals surface area contributed by atoms with Gasteiger partial charge in [-0.3, -0.25) is 0 Å². The molecule has 24 heavy (non-hydrogen) atoms. The molecule has 6 nitrogen and oxygen atoms in total. The number of hydrogen-bond acceptors (Lipinski definition) is 6. The van der Waals surface area contributed by atoms with Crippen LogP contribution in [0.25, 0.3) is 10.2 Å². The van der Waals surface area contributed by atoms with Gasteiger partial charge in [0.2, 0.25) is 10.0 Å². The van der Waals surface area contributed by atoms with Gasteiger partial charge in [-0.1, -0.05) is 11.3 Å². The zero-order valence-electron chi connectivity index (χ0n) is 14.1. The van der Waals surface area contributed by atoms with E-state index in [0.29, 0.717) is 31.1 Å². The summed E-state index contributed by atoms with van der Waals surface area (Å²) in [6.45, 7) is 4.44. The molecule has 0 saturated carbocycles. The molecule has 0 atom stereocenters. The van der Waals surface area contributed by atoms with Crippen molar-refractivity contribution in [1.29, 1.82) is 0 Å². The van der Waals surface area contributed by atoms with Crippen LogP contribution in [0.3, 0.4) is 0 Å². The molecule has 1 aliphatic heterocycles. The average Bonchev–Trinajstić information content (AvgIpc) is 2.96. The van der Waals surface area contributed by atoms with Crippen LogP contribution in [-0.4, -0.2) is 49.3 Å². The minimum Gasteiger partial charge on any atom is -0.497 e. The number of methoxy groups -OCH3 is 1. The number of nitrogens with zero attached hydrogens (tertiary/aromatic N) is 2. The molecule has 132 valence electrons. The van der Waals surface area contributed by atoms with Crippen molar-refractivity contribution >= 4 is 31.6 Å². The molecule has 0 amide bonds. The van der Waals surface area contributed by atoms with E-state index in [2.05, 4.69) is 4.98 Å². The second-order valence-electron chi connectivity index (χ2n) is 6.12. The second kappa shape index (κ2) is 6.85. The standard InChI is InChI=1S/C16H22N2O4S2/c1-11(2)24(19,20)18-8-6-12(7-9-18)22-16-17-14-5-4-13(21-3)10-15(14)23-16/h4-5,10-12H,6-9H2,1-3H3. The summed E-state index contributed by atoms with van der Waals surface area (Å²) in [5, 5.41) is 0.248. The number of ether oxygens (including phenoxy) is 2. The largest absolute Gasteiger partial charge is 0.497 e. The molecular formula is C16H22N2O4S2. The topological polar surface area (TPSA) is 68.7 Å². The van der Waals surface area contributed by atoms with Gasteiger partial charge in [0.05, 0.1) is 22.6 Å². The lowest BCUT2D eigenvalue weighted by molar-refractivity contribution is 0.134. The molecule has 2 aromatic rings. The monoisotopic (exact) mass is 370 g/mol. The molecule has 0 spiro atoms. The summed E-state index contributed by atoms with van der Waals surface area (Å²) >= 11 is 1.49. The zero-order valence-corrected chi connectivity index (χ0v) is 15.7. The maximum absolute atomic E-state index is 12.2. The predicted octanol–water partition coefficient (Wildman–Crippen LogP) is 2.89. The molecule has 0 N–H and O–H groups in total. The second-order valence-corrected chi connectivity index (χ2v) is 9.61. The molecular weight excluding hydrogens is 348 g/mol. The van der Waals surface area contributed by atoms with Crippen molar-refractivity contribution in [3.8, 4) is 10.9 Å². The maximum Gasteiger partial charge on any atom is 0.274 e. The maximum atomic E-state index is 12.2. The fourth-order valence-corrected chi connectivity index (χ4v) is 4.93. The van der Waals surface area contributed by atoms with E-state index < -0.39 is 10.0 Å². The van der Waals surface area contributed by atoms with E-state index in [1.165, 1.54) is 11.3 Å². The van der Waals surface area contributed by atoms with Gasteiger partial charge in [-0.15, -0.1) is 0 Å². The molecule has 3 rings (SSSR count). The molecule has 1 aliphatic rings. The first kappa shape index (κ1) is 17.4.